The van der Waals surface area contributed by atoms with Crippen LogP contribution in [0, 0.1) is 63.2 Å². The van der Waals surface area contributed by atoms with Gasteiger partial charge in [-0.3, -0.25) is 0 Å². The molecular weight excluding hydrogens is 196 g/mol. The Balaban J connectivity index is 1.37. The minimum absolute atomic E-state index is 0.963. The summed E-state index contributed by atoms with van der Waals surface area (Å²) in [7, 11) is 0. The Kier molecular flexibility index (Phi) is 5.64. The molecule has 2 rings (SSSR count). The van der Waals surface area contributed by atoms with Crippen molar-refractivity contribution < 1.29 is 0 Å². The van der Waals surface area contributed by atoms with E-state index in [1.165, 1.54) is 11.8 Å². The Morgan fingerprint density at radius 1 is 0.625 bits per heavy atom. The van der Waals surface area contributed by atoms with E-state index in [1.807, 2.05) is 0 Å². The van der Waals surface area contributed by atoms with Gasteiger partial charge in [0.15, 0.2) is 0 Å². The highest BCUT2D eigenvalue weighted by Crippen LogP contribution is 2.22. The molecular formula is C14H18N2. The molecule has 84 valence electrons. The Morgan fingerprint density at radius 2 is 1.00 bits per heavy atom. The maximum Gasteiger partial charge on any atom is 0.00769 e. The lowest BCUT2D eigenvalue weighted by Crippen LogP contribution is -2.31. The maximum absolute atomic E-state index is 3.41. The van der Waals surface area contributed by atoms with E-state index < -0.39 is 0 Å². The zero-order valence-electron chi connectivity index (χ0n) is 9.45. The quantitative estimate of drug-likeness (QED) is 0.617. The van der Waals surface area contributed by atoms with Crippen molar-refractivity contribution in [2.45, 2.75) is 0 Å². The molecule has 0 bridgehead atoms. The third-order valence-corrected chi connectivity index (χ3v) is 2.60. The van der Waals surface area contributed by atoms with Crippen molar-refractivity contribution >= 4 is 0 Å². The molecule has 2 aliphatic carbocycles. The van der Waals surface area contributed by atoms with Crippen LogP contribution in [0.3, 0.4) is 0 Å². The van der Waals surface area contributed by atoms with Gasteiger partial charge in [-0.1, -0.05) is 0 Å². The van der Waals surface area contributed by atoms with Gasteiger partial charge in [-0.15, -0.1) is 0 Å². The van der Waals surface area contributed by atoms with E-state index in [0.717, 1.165) is 26.2 Å². The number of hydrogen-bond donors (Lipinski definition) is 2. The Bertz CT molecular complexity index is 150. The van der Waals surface area contributed by atoms with Crippen molar-refractivity contribution in [3.05, 3.63) is 63.2 Å². The van der Waals surface area contributed by atoms with E-state index in [0.29, 0.717) is 0 Å². The lowest BCUT2D eigenvalue weighted by atomic mass is 10.1. The van der Waals surface area contributed by atoms with E-state index in [1.54, 1.807) is 0 Å². The first-order valence-corrected chi connectivity index (χ1v) is 5.78. The molecule has 0 atom stereocenters. The zero-order valence-corrected chi connectivity index (χ0v) is 9.45. The van der Waals surface area contributed by atoms with Gasteiger partial charge in [0.1, 0.15) is 0 Å². The fourth-order valence-electron chi connectivity index (χ4n) is 1.71. The van der Waals surface area contributed by atoms with Gasteiger partial charge in [-0.2, -0.15) is 0 Å². The molecule has 2 saturated carbocycles. The van der Waals surface area contributed by atoms with Crippen LogP contribution < -0.4 is 10.6 Å². The van der Waals surface area contributed by atoms with Crippen molar-refractivity contribution in [3.8, 4) is 0 Å². The topological polar surface area (TPSA) is 24.1 Å². The minimum atomic E-state index is 0.963. The van der Waals surface area contributed by atoms with Crippen LogP contribution in [0.2, 0.25) is 0 Å². The van der Waals surface area contributed by atoms with Crippen molar-refractivity contribution in [1.29, 1.82) is 0 Å². The van der Waals surface area contributed by atoms with Crippen LogP contribution in [0.25, 0.3) is 0 Å². The Labute approximate surface area is 101 Å². The van der Waals surface area contributed by atoms with Crippen molar-refractivity contribution in [1.82, 2.24) is 10.6 Å². The van der Waals surface area contributed by atoms with Crippen LogP contribution in [-0.4, -0.2) is 26.2 Å². The molecule has 0 heterocycles. The summed E-state index contributed by atoms with van der Waals surface area (Å²) in [6, 6.07) is 0. The molecule has 2 aliphatic rings. The Morgan fingerprint density at radius 3 is 1.38 bits per heavy atom. The molecule has 16 heavy (non-hydrogen) atoms. The second kappa shape index (κ2) is 7.29. The van der Waals surface area contributed by atoms with Gasteiger partial charge in [-0.05, 0) is 63.2 Å². The summed E-state index contributed by atoms with van der Waals surface area (Å²) in [5.41, 5.74) is 0. The fourth-order valence-corrected chi connectivity index (χ4v) is 1.71. The predicted octanol–water partition coefficient (Wildman–Crippen LogP) is 0.976. The third kappa shape index (κ3) is 4.42. The summed E-state index contributed by atoms with van der Waals surface area (Å²) < 4.78 is 0. The Hall–Kier alpha value is -0.0800. The van der Waals surface area contributed by atoms with Crippen molar-refractivity contribution in [2.24, 2.45) is 0 Å². The largest absolute Gasteiger partial charge is 0.315 e. The van der Waals surface area contributed by atoms with Crippen molar-refractivity contribution in [2.75, 3.05) is 26.2 Å². The second-order valence-corrected chi connectivity index (χ2v) is 3.94. The standard InChI is InChI=1S/C14H18N2/c1-2-6-13(5-1)11-15-9-10-16-12-14-7-3-4-8-14/h1-8,15-16H,9-12H2. The van der Waals surface area contributed by atoms with Crippen LogP contribution in [0.1, 0.15) is 0 Å². The molecule has 2 heteroatoms. The summed E-state index contributed by atoms with van der Waals surface area (Å²) in [4.78, 5) is 0. The molecule has 0 aromatic carbocycles. The SMILES string of the molecule is [CH]1[CH][CH][C](CNCCNC[C]2[CH][CH][CH][CH]2)[CH]1. The average molecular weight is 214 g/mol. The first-order valence-electron chi connectivity index (χ1n) is 5.78. The highest BCUT2D eigenvalue weighted by Gasteiger charge is 2.16. The highest BCUT2D eigenvalue weighted by atomic mass is 14.9. The number of nitrogens with one attached hydrogen (secondary N) is 2. The number of hydrogen-bond acceptors (Lipinski definition) is 2. The van der Waals surface area contributed by atoms with E-state index in [2.05, 4.69) is 62.0 Å². The smallest absolute Gasteiger partial charge is 0.00769 e. The van der Waals surface area contributed by atoms with Crippen LogP contribution in [-0.2, 0) is 0 Å². The van der Waals surface area contributed by atoms with Gasteiger partial charge in [-0.25, -0.2) is 0 Å². The molecule has 0 aliphatic heterocycles. The minimum Gasteiger partial charge on any atom is -0.315 e. The number of rotatable bonds is 7. The normalized spacial score (nSPS) is 23.2. The first-order chi connectivity index (χ1) is 7.95. The van der Waals surface area contributed by atoms with Crippen LogP contribution >= 0.6 is 0 Å². The van der Waals surface area contributed by atoms with Gasteiger partial charge in [0.05, 0.1) is 0 Å². The van der Waals surface area contributed by atoms with Crippen LogP contribution in [0.4, 0.5) is 0 Å². The van der Waals surface area contributed by atoms with Gasteiger partial charge in [0.2, 0.25) is 0 Å². The second-order valence-electron chi connectivity index (χ2n) is 3.94. The lowest BCUT2D eigenvalue weighted by Gasteiger charge is -2.11. The molecule has 0 saturated heterocycles. The van der Waals surface area contributed by atoms with E-state index >= 15 is 0 Å². The maximum atomic E-state index is 3.41. The van der Waals surface area contributed by atoms with Crippen LogP contribution in [0.15, 0.2) is 0 Å². The predicted molar refractivity (Wildman–Crippen MR) is 66.6 cm³/mol. The molecule has 0 aromatic heterocycles. The van der Waals surface area contributed by atoms with Crippen molar-refractivity contribution in [3.63, 3.8) is 0 Å². The van der Waals surface area contributed by atoms with Gasteiger partial charge in [0, 0.05) is 26.2 Å². The summed E-state index contributed by atoms with van der Waals surface area (Å²) in [6.07, 6.45) is 16.9. The van der Waals surface area contributed by atoms with E-state index in [9.17, 15) is 0 Å². The first kappa shape index (κ1) is 12.4. The monoisotopic (exact) mass is 214 g/mol. The summed E-state index contributed by atoms with van der Waals surface area (Å²) >= 11 is 0. The molecule has 2 nitrogen and oxygen atoms in total. The molecule has 0 amide bonds. The van der Waals surface area contributed by atoms with Crippen LogP contribution in [0.5, 0.6) is 0 Å². The molecule has 0 spiro atoms. The molecule has 10 radical (unpaired) electrons. The van der Waals surface area contributed by atoms with Gasteiger partial charge in [0.25, 0.3) is 0 Å². The summed E-state index contributed by atoms with van der Waals surface area (Å²) in [5.74, 6) is 2.71. The summed E-state index contributed by atoms with van der Waals surface area (Å²) in [6.45, 7) is 3.94. The fraction of sp³-hybridized carbons (Fsp3) is 0.286. The average Bonchev–Trinajstić information content (AvgIpc) is 2.96. The van der Waals surface area contributed by atoms with E-state index in [-0.39, 0.29) is 0 Å². The van der Waals surface area contributed by atoms with E-state index in [4.69, 9.17) is 0 Å². The van der Waals surface area contributed by atoms with Gasteiger partial charge < -0.3 is 10.6 Å². The third-order valence-electron chi connectivity index (χ3n) is 2.60. The van der Waals surface area contributed by atoms with Gasteiger partial charge >= 0.3 is 0 Å². The molecule has 2 fully saturated rings. The molecule has 2 N–H and O–H groups in total. The zero-order chi connectivity index (χ0) is 11.1. The summed E-state index contributed by atoms with van der Waals surface area (Å²) in [5, 5.41) is 6.81. The lowest BCUT2D eigenvalue weighted by molar-refractivity contribution is 0.635. The molecule has 0 aromatic rings. The molecule has 0 unspecified atom stereocenters. The highest BCUT2D eigenvalue weighted by molar-refractivity contribution is 5.36.